The molecule has 0 fully saturated rings. The van der Waals surface area contributed by atoms with Crippen LogP contribution < -0.4 is 0 Å². The molecule has 0 aliphatic heterocycles. The summed E-state index contributed by atoms with van der Waals surface area (Å²) in [6, 6.07) is 31.9. The number of benzene rings is 4. The van der Waals surface area contributed by atoms with Crippen LogP contribution in [0.5, 0.6) is 5.75 Å². The molecule has 0 atom stereocenters. The molecule has 0 aliphatic rings. The first kappa shape index (κ1) is 16.5. The van der Waals surface area contributed by atoms with Crippen molar-refractivity contribution in [2.45, 2.75) is 0 Å². The second-order valence-corrected chi connectivity index (χ2v) is 5.56. The van der Waals surface area contributed by atoms with Crippen molar-refractivity contribution in [3.63, 3.8) is 0 Å². The van der Waals surface area contributed by atoms with E-state index in [2.05, 4.69) is 0 Å². The van der Waals surface area contributed by atoms with E-state index >= 15 is 0 Å². The van der Waals surface area contributed by atoms with Crippen molar-refractivity contribution in [1.82, 2.24) is 0 Å². The highest BCUT2D eigenvalue weighted by molar-refractivity contribution is 6.08. The van der Waals surface area contributed by atoms with Crippen LogP contribution in [0.4, 0.5) is 0 Å². The molecule has 0 bridgehead atoms. The number of fused-ring (bicyclic) bond motifs is 1. The molecule has 0 unspecified atom stereocenters. The summed E-state index contributed by atoms with van der Waals surface area (Å²) in [6.07, 6.45) is 0. The van der Waals surface area contributed by atoms with Crippen LogP contribution in [0, 0.1) is 0 Å². The maximum atomic E-state index is 11.8. The quantitative estimate of drug-likeness (QED) is 0.496. The maximum Gasteiger partial charge on any atom is 0.193 e. The number of aromatic hydroxyl groups is 1. The minimum absolute atomic E-state index is 0.0752. The zero-order chi connectivity index (χ0) is 17.5. The van der Waals surface area contributed by atoms with Gasteiger partial charge in [0.1, 0.15) is 5.75 Å². The molecule has 0 spiro atoms. The highest BCUT2D eigenvalue weighted by Gasteiger charge is 2.06. The van der Waals surface area contributed by atoms with Gasteiger partial charge in [-0.15, -0.1) is 0 Å². The molecule has 2 nitrogen and oxygen atoms in total. The molecule has 4 rings (SSSR count). The van der Waals surface area contributed by atoms with Crippen molar-refractivity contribution < 1.29 is 9.90 Å². The normalized spacial score (nSPS) is 9.92. The van der Waals surface area contributed by atoms with Crippen LogP contribution in [0.15, 0.2) is 103 Å². The molecule has 0 heterocycles. The molecular formula is C23H18O2. The van der Waals surface area contributed by atoms with Crippen molar-refractivity contribution in [2.24, 2.45) is 0 Å². The predicted octanol–water partition coefficient (Wildman–Crippen LogP) is 5.46. The van der Waals surface area contributed by atoms with E-state index in [4.69, 9.17) is 0 Å². The van der Waals surface area contributed by atoms with Gasteiger partial charge in [0.05, 0.1) is 0 Å². The summed E-state index contributed by atoms with van der Waals surface area (Å²) >= 11 is 0. The summed E-state index contributed by atoms with van der Waals surface area (Å²) in [5, 5.41) is 11.4. The molecule has 0 amide bonds. The number of carbonyl (C=O) groups is 1. The molecule has 122 valence electrons. The van der Waals surface area contributed by atoms with Crippen LogP contribution in [0.3, 0.4) is 0 Å². The lowest BCUT2D eigenvalue weighted by molar-refractivity contribution is 0.103. The Kier molecular flexibility index (Phi) is 5.22. The summed E-state index contributed by atoms with van der Waals surface area (Å²) in [5.41, 5.74) is 1.47. The molecular weight excluding hydrogens is 308 g/mol. The topological polar surface area (TPSA) is 37.3 Å². The van der Waals surface area contributed by atoms with E-state index in [0.717, 1.165) is 21.9 Å². The standard InChI is InChI=1S/C13H10O.C10H8O/c14-13(11-7-3-1-4-8-11)12-9-5-2-6-10-12;11-10-7-3-5-8-4-1-2-6-9(8)10/h1-10H;1-7,11H. The summed E-state index contributed by atoms with van der Waals surface area (Å²) in [5.74, 6) is 0.425. The van der Waals surface area contributed by atoms with E-state index < -0.39 is 0 Å². The van der Waals surface area contributed by atoms with E-state index in [1.165, 1.54) is 0 Å². The molecule has 0 aliphatic carbocycles. The van der Waals surface area contributed by atoms with Gasteiger partial charge in [0.2, 0.25) is 0 Å². The lowest BCUT2D eigenvalue weighted by atomic mass is 10.0. The zero-order valence-electron chi connectivity index (χ0n) is 13.7. The third-order valence-electron chi connectivity index (χ3n) is 3.84. The van der Waals surface area contributed by atoms with Crippen LogP contribution in [0.2, 0.25) is 0 Å². The van der Waals surface area contributed by atoms with Crippen molar-refractivity contribution in [1.29, 1.82) is 0 Å². The molecule has 1 N–H and O–H groups in total. The van der Waals surface area contributed by atoms with Crippen LogP contribution >= 0.6 is 0 Å². The van der Waals surface area contributed by atoms with Crippen LogP contribution in [0.25, 0.3) is 10.8 Å². The van der Waals surface area contributed by atoms with Gasteiger partial charge >= 0.3 is 0 Å². The number of rotatable bonds is 2. The summed E-state index contributed by atoms with van der Waals surface area (Å²) < 4.78 is 0. The van der Waals surface area contributed by atoms with E-state index in [1.54, 1.807) is 6.07 Å². The van der Waals surface area contributed by atoms with E-state index in [1.807, 2.05) is 97.1 Å². The predicted molar refractivity (Wildman–Crippen MR) is 102 cm³/mol. The minimum Gasteiger partial charge on any atom is -0.507 e. The zero-order valence-corrected chi connectivity index (χ0v) is 13.7. The fourth-order valence-electron chi connectivity index (χ4n) is 2.55. The molecule has 0 aromatic heterocycles. The third kappa shape index (κ3) is 4.12. The van der Waals surface area contributed by atoms with E-state index in [0.29, 0.717) is 5.75 Å². The van der Waals surface area contributed by atoms with E-state index in [9.17, 15) is 9.90 Å². The lowest BCUT2D eigenvalue weighted by Gasteiger charge is -1.99. The first-order valence-electron chi connectivity index (χ1n) is 8.07. The molecule has 0 radical (unpaired) electrons. The Hall–Kier alpha value is -3.39. The average molecular weight is 326 g/mol. The molecule has 25 heavy (non-hydrogen) atoms. The maximum absolute atomic E-state index is 11.8. The first-order valence-corrected chi connectivity index (χ1v) is 8.07. The van der Waals surface area contributed by atoms with Crippen LogP contribution in [-0.2, 0) is 0 Å². The Balaban J connectivity index is 0.000000150. The molecule has 2 heteroatoms. The summed E-state index contributed by atoms with van der Waals surface area (Å²) in [6.45, 7) is 0. The largest absolute Gasteiger partial charge is 0.507 e. The molecule has 0 saturated carbocycles. The lowest BCUT2D eigenvalue weighted by Crippen LogP contribution is -1.99. The Morgan fingerprint density at radius 1 is 0.560 bits per heavy atom. The van der Waals surface area contributed by atoms with Gasteiger partial charge in [0.25, 0.3) is 0 Å². The Morgan fingerprint density at radius 3 is 1.60 bits per heavy atom. The smallest absolute Gasteiger partial charge is 0.193 e. The number of hydrogen-bond acceptors (Lipinski definition) is 2. The van der Waals surface area contributed by atoms with Gasteiger partial charge in [-0.25, -0.2) is 0 Å². The van der Waals surface area contributed by atoms with Crippen molar-refractivity contribution in [2.75, 3.05) is 0 Å². The van der Waals surface area contributed by atoms with Gasteiger partial charge in [-0.3, -0.25) is 4.79 Å². The van der Waals surface area contributed by atoms with Gasteiger partial charge < -0.3 is 5.11 Å². The van der Waals surface area contributed by atoms with Gasteiger partial charge in [-0.2, -0.15) is 0 Å². The highest BCUT2D eigenvalue weighted by atomic mass is 16.3. The Labute approximate surface area is 147 Å². The fourth-order valence-corrected chi connectivity index (χ4v) is 2.55. The second kappa shape index (κ2) is 7.93. The number of carbonyl (C=O) groups excluding carboxylic acids is 1. The summed E-state index contributed by atoms with van der Waals surface area (Å²) in [4.78, 5) is 11.8. The average Bonchev–Trinajstić information content (AvgIpc) is 2.70. The number of phenolic OH excluding ortho intramolecular Hbond substituents is 1. The van der Waals surface area contributed by atoms with Gasteiger partial charge in [0, 0.05) is 16.5 Å². The first-order chi connectivity index (χ1) is 12.3. The summed E-state index contributed by atoms with van der Waals surface area (Å²) in [7, 11) is 0. The number of hydrogen-bond donors (Lipinski definition) is 1. The SMILES string of the molecule is O=C(c1ccccc1)c1ccccc1.Oc1cccc2ccccc12. The van der Waals surface area contributed by atoms with Crippen molar-refractivity contribution in [3.05, 3.63) is 114 Å². The second-order valence-electron chi connectivity index (χ2n) is 5.56. The molecule has 4 aromatic rings. The fraction of sp³-hybridized carbons (Fsp3) is 0. The highest BCUT2D eigenvalue weighted by Crippen LogP contribution is 2.22. The van der Waals surface area contributed by atoms with Gasteiger partial charge in [0.15, 0.2) is 5.78 Å². The Morgan fingerprint density at radius 2 is 1.04 bits per heavy atom. The molecule has 0 saturated heterocycles. The number of ketones is 1. The van der Waals surface area contributed by atoms with Gasteiger partial charge in [-0.1, -0.05) is 97.1 Å². The molecule has 4 aromatic carbocycles. The van der Waals surface area contributed by atoms with Crippen molar-refractivity contribution in [3.8, 4) is 5.75 Å². The van der Waals surface area contributed by atoms with Crippen LogP contribution in [-0.4, -0.2) is 10.9 Å². The monoisotopic (exact) mass is 326 g/mol. The third-order valence-corrected chi connectivity index (χ3v) is 3.84. The number of phenols is 1. The Bertz CT molecular complexity index is 914. The van der Waals surface area contributed by atoms with E-state index in [-0.39, 0.29) is 5.78 Å². The minimum atomic E-state index is 0.0752. The van der Waals surface area contributed by atoms with Crippen molar-refractivity contribution >= 4 is 16.6 Å². The van der Waals surface area contributed by atoms with Crippen LogP contribution in [0.1, 0.15) is 15.9 Å². The van der Waals surface area contributed by atoms with Gasteiger partial charge in [-0.05, 0) is 11.5 Å².